The molecule has 2 rings (SSSR count). The molecule has 1 N–H and O–H groups in total. The van der Waals surface area contributed by atoms with Crippen molar-refractivity contribution in [2.45, 2.75) is 20.4 Å². The topological polar surface area (TPSA) is 31.9 Å². The van der Waals surface area contributed by atoms with Gasteiger partial charge in [0, 0.05) is 22.9 Å². The number of nitrogens with one attached hydrogen (secondary N) is 1. The number of rotatable bonds is 4. The van der Waals surface area contributed by atoms with Crippen LogP contribution in [0.2, 0.25) is 5.02 Å². The van der Waals surface area contributed by atoms with Crippen molar-refractivity contribution in [2.24, 2.45) is 0 Å². The predicted octanol–water partition coefficient (Wildman–Crippen LogP) is 3.40. The molecule has 0 fully saturated rings. The summed E-state index contributed by atoms with van der Waals surface area (Å²) in [5, 5.41) is 0.765. The minimum atomic E-state index is 0.765. The highest BCUT2D eigenvalue weighted by Crippen LogP contribution is 2.19. The molecule has 0 saturated carbocycles. The summed E-state index contributed by atoms with van der Waals surface area (Å²) in [6, 6.07) is 7.90. The summed E-state index contributed by atoms with van der Waals surface area (Å²) in [6.45, 7) is 5.93. The van der Waals surface area contributed by atoms with Crippen LogP contribution in [0.3, 0.4) is 0 Å². The molecule has 0 aliphatic carbocycles. The van der Waals surface area contributed by atoms with E-state index in [4.69, 9.17) is 11.6 Å². The number of aryl methyl sites for hydroxylation is 1. The van der Waals surface area contributed by atoms with Crippen molar-refractivity contribution >= 4 is 17.3 Å². The van der Waals surface area contributed by atoms with Crippen molar-refractivity contribution in [1.29, 1.82) is 0 Å². The molecular formula is C13H16ClN3. The first-order valence-electron chi connectivity index (χ1n) is 5.70. The van der Waals surface area contributed by atoms with Crippen LogP contribution in [-0.4, -0.2) is 16.5 Å². The van der Waals surface area contributed by atoms with Crippen molar-refractivity contribution in [1.82, 2.24) is 9.97 Å². The summed E-state index contributed by atoms with van der Waals surface area (Å²) < 4.78 is 0. The number of H-pyrrole nitrogens is 1. The van der Waals surface area contributed by atoms with Gasteiger partial charge in [0.05, 0.1) is 18.6 Å². The molecule has 0 saturated heterocycles. The highest BCUT2D eigenvalue weighted by Gasteiger charge is 2.08. The third kappa shape index (κ3) is 2.80. The highest BCUT2D eigenvalue weighted by molar-refractivity contribution is 6.30. The molecule has 17 heavy (non-hydrogen) atoms. The second-order valence-electron chi connectivity index (χ2n) is 3.96. The number of imidazole rings is 1. The molecule has 1 heterocycles. The van der Waals surface area contributed by atoms with Crippen LogP contribution in [0.1, 0.15) is 18.3 Å². The predicted molar refractivity (Wildman–Crippen MR) is 71.5 cm³/mol. The number of hydrogen-bond donors (Lipinski definition) is 1. The average molecular weight is 250 g/mol. The smallest absolute Gasteiger partial charge is 0.0925 e. The van der Waals surface area contributed by atoms with Crippen molar-refractivity contribution in [3.63, 3.8) is 0 Å². The fourth-order valence-corrected chi connectivity index (χ4v) is 1.89. The van der Waals surface area contributed by atoms with Crippen molar-refractivity contribution < 1.29 is 0 Å². The Morgan fingerprint density at radius 2 is 2.00 bits per heavy atom. The lowest BCUT2D eigenvalue weighted by Gasteiger charge is -2.22. The van der Waals surface area contributed by atoms with Gasteiger partial charge >= 0.3 is 0 Å². The Labute approximate surface area is 106 Å². The van der Waals surface area contributed by atoms with E-state index in [-0.39, 0.29) is 0 Å². The largest absolute Gasteiger partial charge is 0.366 e. The number of aromatic amines is 1. The highest BCUT2D eigenvalue weighted by atomic mass is 35.5. The normalized spacial score (nSPS) is 10.5. The van der Waals surface area contributed by atoms with Gasteiger partial charge in [0.25, 0.3) is 0 Å². The monoisotopic (exact) mass is 249 g/mol. The van der Waals surface area contributed by atoms with E-state index in [9.17, 15) is 0 Å². The lowest BCUT2D eigenvalue weighted by atomic mass is 10.2. The Kier molecular flexibility index (Phi) is 3.69. The zero-order valence-electron chi connectivity index (χ0n) is 10.1. The molecule has 0 aliphatic rings. The van der Waals surface area contributed by atoms with Crippen LogP contribution in [-0.2, 0) is 6.54 Å². The van der Waals surface area contributed by atoms with E-state index < -0.39 is 0 Å². The van der Waals surface area contributed by atoms with Gasteiger partial charge in [0.15, 0.2) is 0 Å². The van der Waals surface area contributed by atoms with Gasteiger partial charge in [-0.1, -0.05) is 11.6 Å². The Morgan fingerprint density at radius 3 is 2.53 bits per heavy atom. The Balaban J connectivity index is 2.17. The number of benzene rings is 1. The number of aromatic nitrogens is 2. The Hall–Kier alpha value is -1.48. The zero-order chi connectivity index (χ0) is 12.3. The molecule has 90 valence electrons. The molecule has 0 bridgehead atoms. The van der Waals surface area contributed by atoms with Gasteiger partial charge < -0.3 is 9.88 Å². The molecule has 0 spiro atoms. The number of nitrogens with zero attached hydrogens (tertiary/aromatic N) is 2. The minimum Gasteiger partial charge on any atom is -0.366 e. The van der Waals surface area contributed by atoms with Gasteiger partial charge in [-0.25, -0.2) is 4.98 Å². The van der Waals surface area contributed by atoms with E-state index in [0.717, 1.165) is 29.5 Å². The van der Waals surface area contributed by atoms with E-state index >= 15 is 0 Å². The molecule has 1 aromatic heterocycles. The molecule has 0 unspecified atom stereocenters. The van der Waals surface area contributed by atoms with Crippen LogP contribution in [0.15, 0.2) is 30.6 Å². The van der Waals surface area contributed by atoms with E-state index in [1.54, 1.807) is 6.33 Å². The molecule has 0 radical (unpaired) electrons. The third-order valence-corrected chi connectivity index (χ3v) is 3.10. The molecule has 0 aliphatic heterocycles. The first kappa shape index (κ1) is 12.0. The molecule has 4 heteroatoms. The van der Waals surface area contributed by atoms with Crippen LogP contribution in [0.25, 0.3) is 0 Å². The Bertz CT molecular complexity index is 476. The number of hydrogen-bond acceptors (Lipinski definition) is 2. The van der Waals surface area contributed by atoms with Crippen molar-refractivity contribution in [3.05, 3.63) is 47.0 Å². The van der Waals surface area contributed by atoms with Gasteiger partial charge in [-0.2, -0.15) is 0 Å². The van der Waals surface area contributed by atoms with Crippen molar-refractivity contribution in [2.75, 3.05) is 11.4 Å². The molecular weight excluding hydrogens is 234 g/mol. The van der Waals surface area contributed by atoms with Gasteiger partial charge in [-0.15, -0.1) is 0 Å². The summed E-state index contributed by atoms with van der Waals surface area (Å²) in [4.78, 5) is 9.69. The Morgan fingerprint density at radius 1 is 1.29 bits per heavy atom. The van der Waals surface area contributed by atoms with Crippen molar-refractivity contribution in [3.8, 4) is 0 Å². The standard InChI is InChI=1S/C13H16ClN3/c1-3-17(8-13-10(2)15-9-16-13)12-6-4-11(14)5-7-12/h4-7,9H,3,8H2,1-2H3,(H,15,16). The molecule has 3 nitrogen and oxygen atoms in total. The maximum atomic E-state index is 5.89. The lowest BCUT2D eigenvalue weighted by Crippen LogP contribution is -2.22. The first-order chi connectivity index (χ1) is 8.20. The van der Waals surface area contributed by atoms with Gasteiger partial charge in [0.2, 0.25) is 0 Å². The molecule has 0 amide bonds. The fourth-order valence-electron chi connectivity index (χ4n) is 1.76. The number of halogens is 1. The van der Waals surface area contributed by atoms with E-state index in [2.05, 4.69) is 21.8 Å². The minimum absolute atomic E-state index is 0.765. The summed E-state index contributed by atoms with van der Waals surface area (Å²) >= 11 is 5.89. The quantitative estimate of drug-likeness (QED) is 0.901. The van der Waals surface area contributed by atoms with E-state index in [1.165, 1.54) is 5.69 Å². The zero-order valence-corrected chi connectivity index (χ0v) is 10.8. The van der Waals surface area contributed by atoms with E-state index in [0.29, 0.717) is 0 Å². The van der Waals surface area contributed by atoms with Gasteiger partial charge in [-0.05, 0) is 38.1 Å². The fraction of sp³-hybridized carbons (Fsp3) is 0.308. The second-order valence-corrected chi connectivity index (χ2v) is 4.40. The maximum Gasteiger partial charge on any atom is 0.0925 e. The molecule has 2 aromatic rings. The van der Waals surface area contributed by atoms with Crippen LogP contribution in [0, 0.1) is 6.92 Å². The maximum absolute atomic E-state index is 5.89. The molecule has 0 atom stereocenters. The average Bonchev–Trinajstić information content (AvgIpc) is 2.73. The molecule has 1 aromatic carbocycles. The van der Waals surface area contributed by atoms with Crippen LogP contribution < -0.4 is 4.90 Å². The second kappa shape index (κ2) is 5.23. The van der Waals surface area contributed by atoms with Crippen LogP contribution >= 0.6 is 11.6 Å². The SMILES string of the molecule is CCN(Cc1nc[nH]c1C)c1ccc(Cl)cc1. The third-order valence-electron chi connectivity index (χ3n) is 2.85. The summed E-state index contributed by atoms with van der Waals surface area (Å²) in [5.41, 5.74) is 3.37. The summed E-state index contributed by atoms with van der Waals surface area (Å²) in [5.74, 6) is 0. The van der Waals surface area contributed by atoms with E-state index in [1.807, 2.05) is 31.2 Å². The summed E-state index contributed by atoms with van der Waals surface area (Å²) in [7, 11) is 0. The first-order valence-corrected chi connectivity index (χ1v) is 6.08. The van der Waals surface area contributed by atoms with Crippen LogP contribution in [0.4, 0.5) is 5.69 Å². The lowest BCUT2D eigenvalue weighted by molar-refractivity contribution is 0.809. The van der Waals surface area contributed by atoms with Gasteiger partial charge in [0.1, 0.15) is 0 Å². The number of anilines is 1. The van der Waals surface area contributed by atoms with Crippen LogP contribution in [0.5, 0.6) is 0 Å². The summed E-state index contributed by atoms with van der Waals surface area (Å²) in [6.07, 6.45) is 1.74. The van der Waals surface area contributed by atoms with Gasteiger partial charge in [-0.3, -0.25) is 0 Å².